The predicted molar refractivity (Wildman–Crippen MR) is 94.1 cm³/mol. The topological polar surface area (TPSA) is 185 Å². The third-order valence-electron chi connectivity index (χ3n) is 3.86. The quantitative estimate of drug-likeness (QED) is 0.222. The molecule has 26 heavy (non-hydrogen) atoms. The number of nitrogens with two attached hydrogens (primary N) is 2. The molecule has 0 unspecified atom stereocenters. The van der Waals surface area contributed by atoms with Gasteiger partial charge in [-0.3, -0.25) is 14.4 Å². The molecule has 8 N–H and O–H groups in total. The molecule has 0 aromatic heterocycles. The number of carbonyl (C=O) groups is 4. The van der Waals surface area contributed by atoms with Crippen LogP contribution in [0.2, 0.25) is 0 Å². The Balaban J connectivity index is 5.02. The van der Waals surface area contributed by atoms with Crippen LogP contribution in [0.3, 0.4) is 0 Å². The van der Waals surface area contributed by atoms with E-state index in [2.05, 4.69) is 10.6 Å². The first-order valence-corrected chi connectivity index (χ1v) is 8.61. The van der Waals surface area contributed by atoms with Crippen LogP contribution in [-0.2, 0) is 19.2 Å². The van der Waals surface area contributed by atoms with E-state index in [1.807, 2.05) is 0 Å². The molecule has 0 saturated carbocycles. The molecule has 0 aliphatic carbocycles. The smallest absolute Gasteiger partial charge is 0.326 e. The van der Waals surface area contributed by atoms with Gasteiger partial charge in [0.25, 0.3) is 0 Å². The van der Waals surface area contributed by atoms with E-state index in [9.17, 15) is 24.3 Å². The number of amides is 2. The van der Waals surface area contributed by atoms with Gasteiger partial charge in [0.2, 0.25) is 11.8 Å². The molecule has 0 saturated heterocycles. The second kappa shape index (κ2) is 12.2. The SMILES string of the molecule is CC(C)[C@H](N)C(=O)N[C@@H](CCC(=O)O)C(=O)N[C@@H](CCCCN)C(=O)O. The fourth-order valence-corrected chi connectivity index (χ4v) is 2.13. The molecule has 0 aliphatic heterocycles. The lowest BCUT2D eigenvalue weighted by molar-refractivity contribution is -0.143. The van der Waals surface area contributed by atoms with Crippen molar-refractivity contribution >= 4 is 23.8 Å². The molecule has 0 spiro atoms. The maximum absolute atomic E-state index is 12.4. The zero-order valence-corrected chi connectivity index (χ0v) is 15.2. The number of nitrogens with one attached hydrogen (secondary N) is 2. The van der Waals surface area contributed by atoms with Crippen molar-refractivity contribution in [3.05, 3.63) is 0 Å². The summed E-state index contributed by atoms with van der Waals surface area (Å²) in [6, 6.07) is -3.19. The molecule has 150 valence electrons. The van der Waals surface area contributed by atoms with Crippen LogP contribution in [0.15, 0.2) is 0 Å². The molecule has 0 aromatic carbocycles. The van der Waals surface area contributed by atoms with Crippen LogP contribution in [-0.4, -0.2) is 58.6 Å². The van der Waals surface area contributed by atoms with Gasteiger partial charge in [-0.2, -0.15) is 0 Å². The summed E-state index contributed by atoms with van der Waals surface area (Å²) in [6.45, 7) is 3.87. The lowest BCUT2D eigenvalue weighted by atomic mass is 10.0. The van der Waals surface area contributed by atoms with Crippen LogP contribution in [0, 0.1) is 5.92 Å². The number of unbranched alkanes of at least 4 members (excludes halogenated alkanes) is 1. The molecule has 0 radical (unpaired) electrons. The van der Waals surface area contributed by atoms with Crippen molar-refractivity contribution in [3.63, 3.8) is 0 Å². The number of aliphatic carboxylic acids is 2. The highest BCUT2D eigenvalue weighted by Gasteiger charge is 2.28. The first-order chi connectivity index (χ1) is 12.1. The minimum Gasteiger partial charge on any atom is -0.481 e. The summed E-state index contributed by atoms with van der Waals surface area (Å²) >= 11 is 0. The minimum atomic E-state index is -1.21. The van der Waals surface area contributed by atoms with Crippen LogP contribution in [0.4, 0.5) is 0 Å². The van der Waals surface area contributed by atoms with Crippen LogP contribution in [0.1, 0.15) is 46.0 Å². The zero-order chi connectivity index (χ0) is 20.3. The molecule has 0 aromatic rings. The second-order valence-electron chi connectivity index (χ2n) is 6.45. The second-order valence-corrected chi connectivity index (χ2v) is 6.45. The van der Waals surface area contributed by atoms with Gasteiger partial charge in [-0.1, -0.05) is 13.8 Å². The van der Waals surface area contributed by atoms with Gasteiger partial charge in [0, 0.05) is 6.42 Å². The third-order valence-corrected chi connectivity index (χ3v) is 3.86. The Bertz CT molecular complexity index is 497. The normalized spacial score (nSPS) is 14.3. The molecule has 0 heterocycles. The molecule has 3 atom stereocenters. The minimum absolute atomic E-state index is 0.174. The number of hydrogen-bond acceptors (Lipinski definition) is 6. The van der Waals surface area contributed by atoms with E-state index in [4.69, 9.17) is 16.6 Å². The molecule has 0 fully saturated rings. The van der Waals surface area contributed by atoms with Gasteiger partial charge in [-0.05, 0) is 38.1 Å². The Hall–Kier alpha value is -2.20. The van der Waals surface area contributed by atoms with E-state index in [0.29, 0.717) is 19.4 Å². The molecule has 0 bridgehead atoms. The molecule has 0 rings (SSSR count). The van der Waals surface area contributed by atoms with Gasteiger partial charge < -0.3 is 32.3 Å². The predicted octanol–water partition coefficient (Wildman–Crippen LogP) is -0.982. The lowest BCUT2D eigenvalue weighted by Crippen LogP contribution is -2.55. The van der Waals surface area contributed by atoms with Gasteiger partial charge >= 0.3 is 11.9 Å². The summed E-state index contributed by atoms with van der Waals surface area (Å²) in [5.74, 6) is -3.88. The Morgan fingerprint density at radius 3 is 1.96 bits per heavy atom. The molecule has 0 aliphatic rings. The Kier molecular flexibility index (Phi) is 11.2. The summed E-state index contributed by atoms with van der Waals surface area (Å²) in [7, 11) is 0. The van der Waals surface area contributed by atoms with E-state index >= 15 is 0 Å². The lowest BCUT2D eigenvalue weighted by Gasteiger charge is -2.23. The third kappa shape index (κ3) is 9.33. The average molecular weight is 374 g/mol. The zero-order valence-electron chi connectivity index (χ0n) is 15.2. The van der Waals surface area contributed by atoms with Crippen molar-refractivity contribution < 1.29 is 29.4 Å². The van der Waals surface area contributed by atoms with Crippen LogP contribution in [0.25, 0.3) is 0 Å². The number of carboxylic acid groups (broad SMARTS) is 2. The van der Waals surface area contributed by atoms with Gasteiger partial charge in [-0.25, -0.2) is 4.79 Å². The highest BCUT2D eigenvalue weighted by molar-refractivity contribution is 5.92. The maximum Gasteiger partial charge on any atom is 0.326 e. The van der Waals surface area contributed by atoms with Gasteiger partial charge in [-0.15, -0.1) is 0 Å². The Morgan fingerprint density at radius 2 is 1.50 bits per heavy atom. The van der Waals surface area contributed by atoms with Crippen molar-refractivity contribution in [1.82, 2.24) is 10.6 Å². The van der Waals surface area contributed by atoms with Crippen molar-refractivity contribution in [1.29, 1.82) is 0 Å². The number of rotatable bonds is 13. The monoisotopic (exact) mass is 374 g/mol. The maximum atomic E-state index is 12.4. The fraction of sp³-hybridized carbons (Fsp3) is 0.750. The van der Waals surface area contributed by atoms with E-state index in [0.717, 1.165) is 0 Å². The molecule has 10 nitrogen and oxygen atoms in total. The van der Waals surface area contributed by atoms with Gasteiger partial charge in [0.1, 0.15) is 12.1 Å². The van der Waals surface area contributed by atoms with E-state index in [1.165, 1.54) is 0 Å². The van der Waals surface area contributed by atoms with Crippen molar-refractivity contribution in [2.75, 3.05) is 6.54 Å². The number of carbonyl (C=O) groups excluding carboxylic acids is 2. The summed E-state index contributed by atoms with van der Waals surface area (Å²) in [5, 5.41) is 22.8. The first kappa shape index (κ1) is 23.8. The standard InChI is InChI=1S/C16H30N4O6/c1-9(2)13(18)15(24)19-10(6-7-12(21)22)14(23)20-11(16(25)26)5-3-4-8-17/h9-11,13H,3-8,17-18H2,1-2H3,(H,19,24)(H,20,23)(H,21,22)(H,25,26)/t10-,11-,13-/m0/s1. The Labute approximate surface area is 152 Å². The summed E-state index contributed by atoms with van der Waals surface area (Å²) < 4.78 is 0. The fourth-order valence-electron chi connectivity index (χ4n) is 2.13. The number of hydrogen-bond donors (Lipinski definition) is 6. The summed E-state index contributed by atoms with van der Waals surface area (Å²) in [4.78, 5) is 46.5. The first-order valence-electron chi connectivity index (χ1n) is 8.61. The highest BCUT2D eigenvalue weighted by atomic mass is 16.4. The van der Waals surface area contributed by atoms with E-state index in [1.54, 1.807) is 13.8 Å². The van der Waals surface area contributed by atoms with E-state index in [-0.39, 0.29) is 25.2 Å². The van der Waals surface area contributed by atoms with E-state index < -0.39 is 41.9 Å². The van der Waals surface area contributed by atoms with Crippen molar-refractivity contribution in [2.45, 2.75) is 64.1 Å². The highest BCUT2D eigenvalue weighted by Crippen LogP contribution is 2.06. The summed E-state index contributed by atoms with van der Waals surface area (Å²) in [6.07, 6.45) is 0.774. The molecule has 2 amide bonds. The average Bonchev–Trinajstić information content (AvgIpc) is 2.56. The van der Waals surface area contributed by atoms with Crippen LogP contribution < -0.4 is 22.1 Å². The Morgan fingerprint density at radius 1 is 0.923 bits per heavy atom. The number of carboxylic acids is 2. The molecular weight excluding hydrogens is 344 g/mol. The van der Waals surface area contributed by atoms with Crippen molar-refractivity contribution in [2.24, 2.45) is 17.4 Å². The molecule has 10 heteroatoms. The molecular formula is C16H30N4O6. The van der Waals surface area contributed by atoms with Gasteiger partial charge in [0.05, 0.1) is 6.04 Å². The van der Waals surface area contributed by atoms with Crippen LogP contribution >= 0.6 is 0 Å². The largest absolute Gasteiger partial charge is 0.481 e. The van der Waals surface area contributed by atoms with Crippen molar-refractivity contribution in [3.8, 4) is 0 Å². The summed E-state index contributed by atoms with van der Waals surface area (Å²) in [5.41, 5.74) is 11.1. The van der Waals surface area contributed by atoms with Gasteiger partial charge in [0.15, 0.2) is 0 Å². The van der Waals surface area contributed by atoms with Crippen LogP contribution in [0.5, 0.6) is 0 Å².